The van der Waals surface area contributed by atoms with E-state index in [4.69, 9.17) is 15.2 Å². The van der Waals surface area contributed by atoms with Crippen LogP contribution in [0.5, 0.6) is 5.75 Å². The molecule has 0 aliphatic heterocycles. The zero-order valence-electron chi connectivity index (χ0n) is 13.3. The Bertz CT molecular complexity index is 630. The van der Waals surface area contributed by atoms with E-state index in [1.165, 1.54) is 0 Å². The molecule has 0 heterocycles. The fraction of sp³-hybridized carbons (Fsp3) is 0.235. The van der Waals surface area contributed by atoms with Crippen molar-refractivity contribution in [1.29, 1.82) is 0 Å². The molecule has 0 radical (unpaired) electrons. The monoisotopic (exact) mass is 427 g/mol. The topological polar surface area (TPSA) is 68.9 Å². The van der Waals surface area contributed by atoms with Gasteiger partial charge in [0, 0.05) is 12.8 Å². The first kappa shape index (κ1) is 19.2. The molecule has 3 N–H and O–H groups in total. The number of hydrogen-bond donors (Lipinski definition) is 2. The van der Waals surface area contributed by atoms with E-state index in [0.717, 1.165) is 22.6 Å². The Morgan fingerprint density at radius 1 is 1.04 bits per heavy atom. The summed E-state index contributed by atoms with van der Waals surface area (Å²) in [6.07, 6.45) is 0. The summed E-state index contributed by atoms with van der Waals surface area (Å²) < 4.78 is 10.3. The quantitative estimate of drug-likeness (QED) is 0.422. The molecule has 2 rings (SSSR count). The van der Waals surface area contributed by atoms with Crippen LogP contribution in [0.1, 0.15) is 11.1 Å². The summed E-state index contributed by atoms with van der Waals surface area (Å²) in [4.78, 5) is 4.37. The number of nitrogens with two attached hydrogens (primary N) is 1. The van der Waals surface area contributed by atoms with Crippen LogP contribution >= 0.6 is 24.0 Å². The lowest BCUT2D eigenvalue weighted by Gasteiger charge is -2.09. The molecule has 2 aromatic rings. The van der Waals surface area contributed by atoms with Crippen LogP contribution in [0.15, 0.2) is 53.5 Å². The summed E-state index contributed by atoms with van der Waals surface area (Å²) in [5, 5.41) is 3.06. The Kier molecular flexibility index (Phi) is 8.42. The van der Waals surface area contributed by atoms with Gasteiger partial charge in [-0.15, -0.1) is 24.0 Å². The maximum Gasteiger partial charge on any atom is 0.193 e. The first-order valence-electron chi connectivity index (χ1n) is 6.99. The smallest absolute Gasteiger partial charge is 0.193 e. The molecule has 124 valence electrons. The highest BCUT2D eigenvalue weighted by Gasteiger charge is 2.01. The van der Waals surface area contributed by atoms with Crippen molar-refractivity contribution >= 4 is 35.6 Å². The van der Waals surface area contributed by atoms with Gasteiger partial charge in [-0.3, -0.25) is 0 Å². The van der Waals surface area contributed by atoms with Crippen LogP contribution in [0.25, 0.3) is 0 Å². The Morgan fingerprint density at radius 2 is 1.70 bits per heavy atom. The number of nitrogens with zero attached hydrogens (tertiary/aromatic N) is 1. The van der Waals surface area contributed by atoms with Crippen LogP contribution in [0, 0.1) is 0 Å². The number of methoxy groups -OCH3 is 2. The van der Waals surface area contributed by atoms with Gasteiger partial charge in [0.1, 0.15) is 5.75 Å². The van der Waals surface area contributed by atoms with Crippen LogP contribution in [-0.2, 0) is 17.9 Å². The second-order valence-corrected chi connectivity index (χ2v) is 4.76. The molecule has 0 spiro atoms. The number of aliphatic imine (C=N–C) groups is 1. The second-order valence-electron chi connectivity index (χ2n) is 4.76. The Balaban J connectivity index is 0.00000264. The molecule has 6 heteroatoms. The molecule has 0 aliphatic rings. The van der Waals surface area contributed by atoms with Gasteiger partial charge in [-0.05, 0) is 35.4 Å². The van der Waals surface area contributed by atoms with Gasteiger partial charge < -0.3 is 20.5 Å². The number of rotatable bonds is 6. The Morgan fingerprint density at radius 3 is 2.30 bits per heavy atom. The Labute approximate surface area is 153 Å². The molecule has 23 heavy (non-hydrogen) atoms. The van der Waals surface area contributed by atoms with Crippen molar-refractivity contribution in [1.82, 2.24) is 0 Å². The number of hydrogen-bond acceptors (Lipinski definition) is 3. The fourth-order valence-electron chi connectivity index (χ4n) is 2.04. The highest BCUT2D eigenvalue weighted by molar-refractivity contribution is 14.0. The fourth-order valence-corrected chi connectivity index (χ4v) is 2.04. The van der Waals surface area contributed by atoms with E-state index < -0.39 is 0 Å². The SMILES string of the molecule is COCc1ccccc1CN=C(N)Nc1ccc(OC)cc1.I. The molecule has 0 unspecified atom stereocenters. The molecular formula is C17H22IN3O2. The second kappa shape index (κ2) is 10.1. The number of nitrogens with one attached hydrogen (secondary N) is 1. The van der Waals surface area contributed by atoms with Gasteiger partial charge in [0.25, 0.3) is 0 Å². The first-order valence-corrected chi connectivity index (χ1v) is 6.99. The third-order valence-electron chi connectivity index (χ3n) is 3.20. The maximum absolute atomic E-state index is 5.92. The van der Waals surface area contributed by atoms with Crippen molar-refractivity contribution in [3.8, 4) is 5.75 Å². The maximum atomic E-state index is 5.92. The highest BCUT2D eigenvalue weighted by atomic mass is 127. The minimum absolute atomic E-state index is 0. The summed E-state index contributed by atoms with van der Waals surface area (Å²) in [5.41, 5.74) is 9.01. The number of anilines is 1. The lowest BCUT2D eigenvalue weighted by atomic mass is 10.1. The van der Waals surface area contributed by atoms with E-state index in [1.54, 1.807) is 14.2 Å². The average Bonchev–Trinajstić information content (AvgIpc) is 2.55. The largest absolute Gasteiger partial charge is 0.497 e. The molecule has 0 saturated heterocycles. The average molecular weight is 427 g/mol. The summed E-state index contributed by atoms with van der Waals surface area (Å²) in [6.45, 7) is 1.08. The van der Waals surface area contributed by atoms with Gasteiger partial charge >= 0.3 is 0 Å². The molecule has 0 aliphatic carbocycles. The van der Waals surface area contributed by atoms with E-state index in [9.17, 15) is 0 Å². The predicted octanol–water partition coefficient (Wildman–Crippen LogP) is 3.39. The summed E-state index contributed by atoms with van der Waals surface area (Å²) in [6, 6.07) is 15.5. The minimum Gasteiger partial charge on any atom is -0.497 e. The zero-order valence-corrected chi connectivity index (χ0v) is 15.6. The molecule has 0 bridgehead atoms. The van der Waals surface area contributed by atoms with Crippen LogP contribution in [0.2, 0.25) is 0 Å². The van der Waals surface area contributed by atoms with Gasteiger partial charge in [0.2, 0.25) is 0 Å². The number of guanidine groups is 1. The molecular weight excluding hydrogens is 405 g/mol. The van der Waals surface area contributed by atoms with Crippen molar-refractivity contribution in [3.63, 3.8) is 0 Å². The highest BCUT2D eigenvalue weighted by Crippen LogP contribution is 2.15. The van der Waals surface area contributed by atoms with E-state index in [-0.39, 0.29) is 24.0 Å². The molecule has 0 amide bonds. The van der Waals surface area contributed by atoms with Gasteiger partial charge in [-0.25, -0.2) is 4.99 Å². The van der Waals surface area contributed by atoms with Crippen molar-refractivity contribution in [2.24, 2.45) is 10.7 Å². The van der Waals surface area contributed by atoms with E-state index in [0.29, 0.717) is 19.1 Å². The number of halogens is 1. The van der Waals surface area contributed by atoms with Crippen molar-refractivity contribution in [2.75, 3.05) is 19.5 Å². The van der Waals surface area contributed by atoms with Crippen molar-refractivity contribution < 1.29 is 9.47 Å². The van der Waals surface area contributed by atoms with Gasteiger partial charge in [0.15, 0.2) is 5.96 Å². The molecule has 0 saturated carbocycles. The lowest BCUT2D eigenvalue weighted by molar-refractivity contribution is 0.184. The number of ether oxygens (including phenoxy) is 2. The van der Waals surface area contributed by atoms with Gasteiger partial charge in [0.05, 0.1) is 20.3 Å². The third-order valence-corrected chi connectivity index (χ3v) is 3.20. The van der Waals surface area contributed by atoms with E-state index >= 15 is 0 Å². The van der Waals surface area contributed by atoms with Crippen LogP contribution in [0.3, 0.4) is 0 Å². The summed E-state index contributed by atoms with van der Waals surface area (Å²) in [5.74, 6) is 1.17. The molecule has 0 atom stereocenters. The third kappa shape index (κ3) is 6.07. The van der Waals surface area contributed by atoms with E-state index in [1.807, 2.05) is 48.5 Å². The zero-order chi connectivity index (χ0) is 15.8. The Hall–Kier alpha value is -1.80. The van der Waals surface area contributed by atoms with Gasteiger partial charge in [-0.2, -0.15) is 0 Å². The van der Waals surface area contributed by atoms with Crippen LogP contribution in [0.4, 0.5) is 5.69 Å². The lowest BCUT2D eigenvalue weighted by Crippen LogP contribution is -2.22. The van der Waals surface area contributed by atoms with Crippen molar-refractivity contribution in [3.05, 3.63) is 59.7 Å². The molecule has 2 aromatic carbocycles. The molecule has 5 nitrogen and oxygen atoms in total. The minimum atomic E-state index is 0. The first-order chi connectivity index (χ1) is 10.7. The predicted molar refractivity (Wildman–Crippen MR) is 105 cm³/mol. The van der Waals surface area contributed by atoms with Crippen molar-refractivity contribution in [2.45, 2.75) is 13.2 Å². The van der Waals surface area contributed by atoms with Crippen LogP contribution in [-0.4, -0.2) is 20.2 Å². The molecule has 0 aromatic heterocycles. The summed E-state index contributed by atoms with van der Waals surface area (Å²) >= 11 is 0. The van der Waals surface area contributed by atoms with E-state index in [2.05, 4.69) is 10.3 Å². The van der Waals surface area contributed by atoms with Crippen LogP contribution < -0.4 is 15.8 Å². The van der Waals surface area contributed by atoms with Gasteiger partial charge in [-0.1, -0.05) is 24.3 Å². The molecule has 0 fully saturated rings. The standard InChI is InChI=1S/C17H21N3O2.HI/c1-21-12-14-6-4-3-5-13(14)11-19-17(18)20-15-7-9-16(22-2)10-8-15;/h3-10H,11-12H2,1-2H3,(H3,18,19,20);1H. The summed E-state index contributed by atoms with van der Waals surface area (Å²) in [7, 11) is 3.31. The number of benzene rings is 2. The normalized spacial score (nSPS) is 10.8.